The Kier molecular flexibility index (Phi) is 4.94. The van der Waals surface area contributed by atoms with Gasteiger partial charge in [0.1, 0.15) is 0 Å². The van der Waals surface area contributed by atoms with E-state index in [-0.39, 0.29) is 11.9 Å². The molecule has 1 fully saturated rings. The number of nitrogens with zero attached hydrogens (tertiary/aromatic N) is 5. The van der Waals surface area contributed by atoms with Crippen LogP contribution in [0.1, 0.15) is 15.8 Å². The number of aromatic nitrogens is 3. The third-order valence-corrected chi connectivity index (χ3v) is 7.80. The number of anilines is 1. The predicted octanol–water partition coefficient (Wildman–Crippen LogP) is 4.73. The van der Waals surface area contributed by atoms with Crippen molar-refractivity contribution >= 4 is 33.3 Å². The largest absolute Gasteiger partial charge is 0.492 e. The molecule has 1 aliphatic heterocycles. The fourth-order valence-electron chi connectivity index (χ4n) is 4.24. The number of rotatable bonds is 5. The maximum Gasteiger partial charge on any atom is 0.230 e. The van der Waals surface area contributed by atoms with E-state index >= 15 is 0 Å². The van der Waals surface area contributed by atoms with Crippen LogP contribution in [-0.2, 0) is 0 Å². The second-order valence-electron chi connectivity index (χ2n) is 7.67. The molecular formula is C23H21N5O2S2. The molecule has 7 nitrogen and oxygen atoms in total. The molecule has 1 saturated heterocycles. The first kappa shape index (κ1) is 19.5. The third-order valence-electron chi connectivity index (χ3n) is 5.80. The Bertz CT molecular complexity index is 1300. The smallest absolute Gasteiger partial charge is 0.230 e. The average molecular weight is 464 g/mol. The van der Waals surface area contributed by atoms with E-state index in [1.54, 1.807) is 23.7 Å². The predicted molar refractivity (Wildman–Crippen MR) is 127 cm³/mol. The lowest BCUT2D eigenvalue weighted by molar-refractivity contribution is 0.213. The molecule has 0 amide bonds. The number of fused-ring (bicyclic) bond motifs is 1. The van der Waals surface area contributed by atoms with Crippen LogP contribution in [0, 0.1) is 0 Å². The van der Waals surface area contributed by atoms with Crippen LogP contribution in [0.3, 0.4) is 0 Å². The van der Waals surface area contributed by atoms with Gasteiger partial charge in [-0.15, -0.1) is 16.4 Å². The Morgan fingerprint density at radius 3 is 2.50 bits per heavy atom. The van der Waals surface area contributed by atoms with Crippen molar-refractivity contribution in [3.63, 3.8) is 0 Å². The number of benzene rings is 1. The average Bonchev–Trinajstić information content (AvgIpc) is 3.63. The summed E-state index contributed by atoms with van der Waals surface area (Å²) in [6, 6.07) is 18.3. The molecule has 9 heteroatoms. The van der Waals surface area contributed by atoms with Crippen LogP contribution < -0.4 is 4.90 Å². The van der Waals surface area contributed by atoms with Gasteiger partial charge in [-0.1, -0.05) is 35.6 Å². The van der Waals surface area contributed by atoms with Gasteiger partial charge >= 0.3 is 0 Å². The number of hydrogen-bond donors (Lipinski definition) is 1. The van der Waals surface area contributed by atoms with Crippen molar-refractivity contribution in [2.24, 2.45) is 0 Å². The van der Waals surface area contributed by atoms with E-state index in [4.69, 9.17) is 4.42 Å². The van der Waals surface area contributed by atoms with E-state index in [0.717, 1.165) is 31.1 Å². The fraction of sp³-hybridized carbons (Fsp3) is 0.217. The zero-order valence-electron chi connectivity index (χ0n) is 17.2. The van der Waals surface area contributed by atoms with Crippen molar-refractivity contribution in [1.82, 2.24) is 19.5 Å². The molecule has 1 aliphatic rings. The number of thiophene rings is 1. The molecule has 0 aliphatic carbocycles. The minimum atomic E-state index is -0.0199. The van der Waals surface area contributed by atoms with Crippen molar-refractivity contribution in [2.45, 2.75) is 6.04 Å². The van der Waals surface area contributed by atoms with Crippen molar-refractivity contribution in [3.8, 4) is 17.5 Å². The van der Waals surface area contributed by atoms with E-state index in [1.807, 2.05) is 12.1 Å². The molecule has 0 spiro atoms. The molecule has 0 unspecified atom stereocenters. The highest BCUT2D eigenvalue weighted by atomic mass is 32.1. The maximum absolute atomic E-state index is 11.1. The molecule has 1 atom stereocenters. The molecule has 5 heterocycles. The van der Waals surface area contributed by atoms with Crippen LogP contribution >= 0.6 is 22.7 Å². The number of furan rings is 1. The zero-order valence-corrected chi connectivity index (χ0v) is 18.8. The van der Waals surface area contributed by atoms with Crippen molar-refractivity contribution in [1.29, 1.82) is 0 Å². The van der Waals surface area contributed by atoms with Gasteiger partial charge < -0.3 is 14.4 Å². The topological polar surface area (TPSA) is 70.0 Å². The van der Waals surface area contributed by atoms with E-state index in [1.165, 1.54) is 26.4 Å². The molecule has 32 heavy (non-hydrogen) atoms. The summed E-state index contributed by atoms with van der Waals surface area (Å²) in [7, 11) is 0. The quantitative estimate of drug-likeness (QED) is 0.406. The van der Waals surface area contributed by atoms with Gasteiger partial charge in [0.15, 0.2) is 5.76 Å². The first-order valence-corrected chi connectivity index (χ1v) is 12.2. The van der Waals surface area contributed by atoms with Gasteiger partial charge in [-0.25, -0.2) is 0 Å². The molecule has 5 aromatic rings. The Morgan fingerprint density at radius 2 is 1.81 bits per heavy atom. The molecule has 1 N–H and O–H groups in total. The van der Waals surface area contributed by atoms with Crippen molar-refractivity contribution in [2.75, 3.05) is 31.1 Å². The third kappa shape index (κ3) is 3.38. The summed E-state index contributed by atoms with van der Waals surface area (Å²) in [5.41, 5.74) is 1.26. The van der Waals surface area contributed by atoms with E-state index < -0.39 is 0 Å². The van der Waals surface area contributed by atoms with Gasteiger partial charge in [0, 0.05) is 36.7 Å². The summed E-state index contributed by atoms with van der Waals surface area (Å²) in [6.07, 6.45) is 1.59. The summed E-state index contributed by atoms with van der Waals surface area (Å²) in [4.78, 5) is 12.2. The minimum absolute atomic E-state index is 0.0199. The highest BCUT2D eigenvalue weighted by molar-refractivity contribution is 7.17. The maximum atomic E-state index is 11.1. The van der Waals surface area contributed by atoms with Crippen molar-refractivity contribution < 1.29 is 9.52 Å². The number of hydrogen-bond acceptors (Lipinski definition) is 8. The molecule has 4 aromatic heterocycles. The van der Waals surface area contributed by atoms with E-state index in [0.29, 0.717) is 16.5 Å². The van der Waals surface area contributed by atoms with Crippen molar-refractivity contribution in [3.05, 3.63) is 76.0 Å². The van der Waals surface area contributed by atoms with Gasteiger partial charge in [0.25, 0.3) is 0 Å². The Labute approximate surface area is 192 Å². The summed E-state index contributed by atoms with van der Waals surface area (Å²) >= 11 is 3.20. The summed E-state index contributed by atoms with van der Waals surface area (Å²) < 4.78 is 6.94. The van der Waals surface area contributed by atoms with E-state index in [9.17, 15) is 5.11 Å². The summed E-state index contributed by atoms with van der Waals surface area (Å²) in [6.45, 7) is 3.69. The number of piperazine rings is 1. The second kappa shape index (κ2) is 8.09. The fourth-order valence-corrected chi connectivity index (χ4v) is 6.29. The molecular weight excluding hydrogens is 442 g/mol. The lowest BCUT2D eigenvalue weighted by Crippen LogP contribution is -2.47. The van der Waals surface area contributed by atoms with Gasteiger partial charge in [-0.3, -0.25) is 4.90 Å². The van der Waals surface area contributed by atoms with Crippen LogP contribution in [0.25, 0.3) is 16.5 Å². The second-order valence-corrected chi connectivity index (χ2v) is 9.66. The van der Waals surface area contributed by atoms with Gasteiger partial charge in [0.2, 0.25) is 16.7 Å². The molecule has 1 aromatic carbocycles. The zero-order chi connectivity index (χ0) is 21.5. The minimum Gasteiger partial charge on any atom is -0.492 e. The molecule has 0 bridgehead atoms. The van der Waals surface area contributed by atoms with Crippen LogP contribution in [0.2, 0.25) is 0 Å². The summed E-state index contributed by atoms with van der Waals surface area (Å²) in [5, 5.41) is 17.7. The summed E-state index contributed by atoms with van der Waals surface area (Å²) in [5.74, 6) is 1.22. The monoisotopic (exact) mass is 463 g/mol. The normalized spacial score (nSPS) is 16.1. The molecule has 162 valence electrons. The number of aromatic hydroxyl groups is 1. The van der Waals surface area contributed by atoms with Crippen LogP contribution in [-0.4, -0.2) is 50.8 Å². The Balaban J connectivity index is 1.32. The van der Waals surface area contributed by atoms with Gasteiger partial charge in [0.05, 0.1) is 17.2 Å². The molecule has 0 saturated carbocycles. The lowest BCUT2D eigenvalue weighted by atomic mass is 10.1. The standard InChI is InChI=1S/C23H21N5O2S2/c29-22-20(32-23-24-21(25-28(22)23)17-8-4-14-30-17)19(18-9-5-15-31-18)27-12-10-26(11-13-27)16-6-2-1-3-7-16/h1-9,14-15,19,29H,10-13H2/t19-/m1/s1. The SMILES string of the molecule is Oc1c([C@@H](c2cccs2)N2CCN(c3ccccc3)CC2)sc2nc(-c3ccco3)nn12. The van der Waals surface area contributed by atoms with Gasteiger partial charge in [-0.2, -0.15) is 9.50 Å². The van der Waals surface area contributed by atoms with Crippen LogP contribution in [0.4, 0.5) is 5.69 Å². The molecule has 0 radical (unpaired) electrons. The van der Waals surface area contributed by atoms with E-state index in [2.05, 4.69) is 61.7 Å². The Hall–Kier alpha value is -3.14. The highest BCUT2D eigenvalue weighted by Crippen LogP contribution is 2.42. The highest BCUT2D eigenvalue weighted by Gasteiger charge is 2.32. The first-order chi connectivity index (χ1) is 15.8. The Morgan fingerprint density at radius 1 is 0.969 bits per heavy atom. The number of para-hydroxylation sites is 1. The van der Waals surface area contributed by atoms with Crippen LogP contribution in [0.15, 0.2) is 70.7 Å². The first-order valence-electron chi connectivity index (χ1n) is 10.5. The molecule has 6 rings (SSSR count). The lowest BCUT2D eigenvalue weighted by Gasteiger charge is -2.39. The van der Waals surface area contributed by atoms with Crippen LogP contribution in [0.5, 0.6) is 5.88 Å². The number of thiazole rings is 1. The van der Waals surface area contributed by atoms with Gasteiger partial charge in [-0.05, 0) is 35.7 Å².